The van der Waals surface area contributed by atoms with Crippen molar-refractivity contribution < 1.29 is 17.9 Å². The highest BCUT2D eigenvalue weighted by Gasteiger charge is 2.24. The first-order valence-electron chi connectivity index (χ1n) is 9.02. The van der Waals surface area contributed by atoms with Crippen molar-refractivity contribution in [3.05, 3.63) is 82.7 Å². The minimum absolute atomic E-state index is 0.00726. The summed E-state index contributed by atoms with van der Waals surface area (Å²) >= 11 is 0. The van der Waals surface area contributed by atoms with Crippen LogP contribution in [-0.4, -0.2) is 9.55 Å². The van der Waals surface area contributed by atoms with Crippen LogP contribution in [0.4, 0.5) is 13.2 Å². The van der Waals surface area contributed by atoms with Crippen LogP contribution in [0.5, 0.6) is 5.75 Å². The molecule has 3 aromatic rings. The standard InChI is InChI=1S/C22H23F3N2O/c1-22(2,3)21-17(25)9-6-10-20(21)28-12-19-18(26-13-27(19)4)11-14-15(23)7-5-8-16(14)24/h5-10,13H,11-12H2,1-4H3. The molecule has 28 heavy (non-hydrogen) atoms. The number of imidazole rings is 1. The number of hydrogen-bond acceptors (Lipinski definition) is 2. The summed E-state index contributed by atoms with van der Waals surface area (Å²) < 4.78 is 50.0. The van der Waals surface area contributed by atoms with Crippen molar-refractivity contribution >= 4 is 0 Å². The van der Waals surface area contributed by atoms with Gasteiger partial charge in [-0.3, -0.25) is 0 Å². The Labute approximate surface area is 162 Å². The van der Waals surface area contributed by atoms with Crippen molar-refractivity contribution in [3.63, 3.8) is 0 Å². The highest BCUT2D eigenvalue weighted by molar-refractivity contribution is 5.40. The van der Waals surface area contributed by atoms with Crippen molar-refractivity contribution in [1.82, 2.24) is 9.55 Å². The van der Waals surface area contributed by atoms with E-state index in [1.807, 2.05) is 20.8 Å². The van der Waals surface area contributed by atoms with Crippen LogP contribution in [0.15, 0.2) is 42.7 Å². The first-order valence-corrected chi connectivity index (χ1v) is 9.02. The van der Waals surface area contributed by atoms with Gasteiger partial charge in [-0.25, -0.2) is 18.2 Å². The first-order chi connectivity index (χ1) is 13.2. The number of aromatic nitrogens is 2. The van der Waals surface area contributed by atoms with E-state index in [-0.39, 0.29) is 24.4 Å². The molecular weight excluding hydrogens is 365 g/mol. The molecule has 0 N–H and O–H groups in total. The molecule has 3 rings (SSSR count). The smallest absolute Gasteiger partial charge is 0.130 e. The van der Waals surface area contributed by atoms with Crippen LogP contribution >= 0.6 is 0 Å². The minimum Gasteiger partial charge on any atom is -0.487 e. The molecule has 6 heteroatoms. The molecule has 0 amide bonds. The summed E-state index contributed by atoms with van der Waals surface area (Å²) in [5.74, 6) is -1.12. The zero-order chi connectivity index (χ0) is 20.5. The van der Waals surface area contributed by atoms with Gasteiger partial charge in [0.05, 0.1) is 17.7 Å². The van der Waals surface area contributed by atoms with Crippen molar-refractivity contribution in [3.8, 4) is 5.75 Å². The van der Waals surface area contributed by atoms with Crippen LogP contribution < -0.4 is 4.74 Å². The number of nitrogens with zero attached hydrogens (tertiary/aromatic N) is 2. The second kappa shape index (κ2) is 7.70. The molecule has 0 atom stereocenters. The summed E-state index contributed by atoms with van der Waals surface area (Å²) in [6, 6.07) is 8.49. The van der Waals surface area contributed by atoms with Gasteiger partial charge in [0.15, 0.2) is 0 Å². The lowest BCUT2D eigenvalue weighted by Crippen LogP contribution is -2.16. The van der Waals surface area contributed by atoms with E-state index in [4.69, 9.17) is 4.74 Å². The number of hydrogen-bond donors (Lipinski definition) is 0. The van der Waals surface area contributed by atoms with Crippen molar-refractivity contribution in [1.29, 1.82) is 0 Å². The lowest BCUT2D eigenvalue weighted by atomic mass is 9.86. The summed E-state index contributed by atoms with van der Waals surface area (Å²) in [6.45, 7) is 5.84. The molecule has 0 radical (unpaired) electrons. The molecule has 3 nitrogen and oxygen atoms in total. The normalized spacial score (nSPS) is 11.7. The number of aryl methyl sites for hydroxylation is 1. The molecule has 0 aliphatic carbocycles. The van der Waals surface area contributed by atoms with Crippen LogP contribution in [0, 0.1) is 17.5 Å². The average molecular weight is 388 g/mol. The Morgan fingerprint density at radius 3 is 2.21 bits per heavy atom. The van der Waals surface area contributed by atoms with Gasteiger partial charge in [-0.05, 0) is 29.7 Å². The molecular formula is C22H23F3N2O. The van der Waals surface area contributed by atoms with Crippen molar-refractivity contribution in [2.24, 2.45) is 7.05 Å². The lowest BCUT2D eigenvalue weighted by Gasteiger charge is -2.23. The van der Waals surface area contributed by atoms with E-state index in [0.717, 1.165) is 0 Å². The molecule has 2 aromatic carbocycles. The molecule has 1 aromatic heterocycles. The lowest BCUT2D eigenvalue weighted by molar-refractivity contribution is 0.284. The second-order valence-electron chi connectivity index (χ2n) is 7.78. The zero-order valence-corrected chi connectivity index (χ0v) is 16.4. The molecule has 0 unspecified atom stereocenters. The number of benzene rings is 2. The van der Waals surface area contributed by atoms with Gasteiger partial charge in [0, 0.05) is 24.6 Å². The summed E-state index contributed by atoms with van der Waals surface area (Å²) in [7, 11) is 1.78. The Morgan fingerprint density at radius 2 is 1.57 bits per heavy atom. The summed E-state index contributed by atoms with van der Waals surface area (Å²) in [6.07, 6.45) is 1.58. The predicted octanol–water partition coefficient (Wildman–Crippen LogP) is 5.30. The zero-order valence-electron chi connectivity index (χ0n) is 16.4. The number of halogens is 3. The van der Waals surface area contributed by atoms with Crippen LogP contribution in [0.25, 0.3) is 0 Å². The van der Waals surface area contributed by atoms with Gasteiger partial charge in [-0.2, -0.15) is 0 Å². The fourth-order valence-electron chi connectivity index (χ4n) is 3.20. The maximum atomic E-state index is 14.4. The van der Waals surface area contributed by atoms with Crippen LogP contribution in [0.1, 0.15) is 43.3 Å². The maximum Gasteiger partial charge on any atom is 0.130 e. The van der Waals surface area contributed by atoms with Gasteiger partial charge in [0.2, 0.25) is 0 Å². The molecule has 0 saturated carbocycles. The van der Waals surface area contributed by atoms with E-state index in [1.165, 1.54) is 24.3 Å². The number of ether oxygens (including phenoxy) is 1. The Balaban J connectivity index is 1.88. The van der Waals surface area contributed by atoms with Gasteiger partial charge in [-0.15, -0.1) is 0 Å². The summed E-state index contributed by atoms with van der Waals surface area (Å²) in [5.41, 5.74) is 1.20. The van der Waals surface area contributed by atoms with E-state index in [2.05, 4.69) is 4.98 Å². The maximum absolute atomic E-state index is 14.4. The first kappa shape index (κ1) is 20.0. The van der Waals surface area contributed by atoms with Crippen LogP contribution in [0.2, 0.25) is 0 Å². The highest BCUT2D eigenvalue weighted by Crippen LogP contribution is 2.34. The fourth-order valence-corrected chi connectivity index (χ4v) is 3.20. The molecule has 0 aliphatic rings. The van der Waals surface area contributed by atoms with Gasteiger partial charge < -0.3 is 9.30 Å². The molecule has 1 heterocycles. The Morgan fingerprint density at radius 1 is 0.964 bits per heavy atom. The third kappa shape index (κ3) is 4.06. The van der Waals surface area contributed by atoms with Gasteiger partial charge >= 0.3 is 0 Å². The van der Waals surface area contributed by atoms with E-state index in [1.54, 1.807) is 30.1 Å². The fraction of sp³-hybridized carbons (Fsp3) is 0.318. The Hall–Kier alpha value is -2.76. The van der Waals surface area contributed by atoms with Gasteiger partial charge in [0.25, 0.3) is 0 Å². The van der Waals surface area contributed by atoms with E-state index in [9.17, 15) is 13.2 Å². The summed E-state index contributed by atoms with van der Waals surface area (Å²) in [4.78, 5) is 4.27. The molecule has 0 spiro atoms. The SMILES string of the molecule is Cn1cnc(Cc2c(F)cccc2F)c1COc1cccc(F)c1C(C)(C)C. The van der Waals surface area contributed by atoms with Gasteiger partial charge in [-0.1, -0.05) is 32.9 Å². The molecule has 0 saturated heterocycles. The van der Waals surface area contributed by atoms with Gasteiger partial charge in [0.1, 0.15) is 29.8 Å². The summed E-state index contributed by atoms with van der Waals surface area (Å²) in [5, 5.41) is 0. The molecule has 0 bridgehead atoms. The molecule has 148 valence electrons. The van der Waals surface area contributed by atoms with E-state index >= 15 is 0 Å². The van der Waals surface area contributed by atoms with Crippen LogP contribution in [-0.2, 0) is 25.5 Å². The minimum atomic E-state index is -0.613. The largest absolute Gasteiger partial charge is 0.487 e. The second-order valence-corrected chi connectivity index (χ2v) is 7.78. The monoisotopic (exact) mass is 388 g/mol. The topological polar surface area (TPSA) is 27.1 Å². The average Bonchev–Trinajstić information content (AvgIpc) is 2.95. The predicted molar refractivity (Wildman–Crippen MR) is 102 cm³/mol. The Bertz CT molecular complexity index is 970. The molecule has 0 aliphatic heterocycles. The van der Waals surface area contributed by atoms with E-state index in [0.29, 0.717) is 22.7 Å². The van der Waals surface area contributed by atoms with Crippen LogP contribution in [0.3, 0.4) is 0 Å². The third-order valence-electron chi connectivity index (χ3n) is 4.64. The quantitative estimate of drug-likeness (QED) is 0.593. The Kier molecular flexibility index (Phi) is 5.49. The van der Waals surface area contributed by atoms with Crippen molar-refractivity contribution in [2.45, 2.75) is 39.2 Å². The van der Waals surface area contributed by atoms with E-state index < -0.39 is 17.0 Å². The highest BCUT2D eigenvalue weighted by atomic mass is 19.1. The van der Waals surface area contributed by atoms with Crippen molar-refractivity contribution in [2.75, 3.05) is 0 Å². The number of rotatable bonds is 5. The third-order valence-corrected chi connectivity index (χ3v) is 4.64. The molecule has 0 fully saturated rings.